The zero-order chi connectivity index (χ0) is 12.9. The van der Waals surface area contributed by atoms with Gasteiger partial charge in [-0.05, 0) is 63.7 Å². The molecule has 0 fully saturated rings. The lowest BCUT2D eigenvalue weighted by Gasteiger charge is -2.21. The van der Waals surface area contributed by atoms with Crippen LogP contribution in [0.15, 0.2) is 42.2 Å². The van der Waals surface area contributed by atoms with Gasteiger partial charge in [-0.3, -0.25) is 0 Å². The number of hydrogen-bond acceptors (Lipinski definition) is 2. The summed E-state index contributed by atoms with van der Waals surface area (Å²) in [5, 5.41) is 0. The van der Waals surface area contributed by atoms with E-state index in [1.165, 1.54) is 0 Å². The van der Waals surface area contributed by atoms with E-state index in [0.29, 0.717) is 23.0 Å². The van der Waals surface area contributed by atoms with Crippen LogP contribution in [0.3, 0.4) is 0 Å². The first-order chi connectivity index (χ1) is 8.54. The van der Waals surface area contributed by atoms with Gasteiger partial charge in [-0.2, -0.15) is 0 Å². The first kappa shape index (κ1) is 13.0. The standard InChI is InChI=1S/C12H4Br4O2/c13-5-1-9-10(2-6(5)14)18-12-4-8(16)7(15)3-11(12)17-9/h1-4H/i1+1,2+1,3+1,4+1,5+1,6+1,7+1,8+1,9+1,10+1,11+1,12+1. The Bertz CT molecular complexity index is 544. The summed E-state index contributed by atoms with van der Waals surface area (Å²) in [5.41, 5.74) is 0. The Hall–Kier alpha value is -0.0400. The molecule has 1 aliphatic heterocycles. The summed E-state index contributed by atoms with van der Waals surface area (Å²) in [6.07, 6.45) is 0. The minimum atomic E-state index is 0.687. The Balaban J connectivity index is 2.12. The van der Waals surface area contributed by atoms with Gasteiger partial charge in [-0.15, -0.1) is 0 Å². The van der Waals surface area contributed by atoms with Crippen LogP contribution in [0.4, 0.5) is 0 Å². The van der Waals surface area contributed by atoms with Gasteiger partial charge in [0, 0.05) is 42.2 Å². The average Bonchev–Trinajstić information content (AvgIpc) is 2.31. The second kappa shape index (κ2) is 4.81. The minimum absolute atomic E-state index is 0.687. The molecular weight excluding hydrogens is 508 g/mol. The molecule has 0 amide bonds. The largest absolute Gasteiger partial charge is 0.449 e. The second-order valence-electron chi connectivity index (χ2n) is 3.63. The summed E-state index contributed by atoms with van der Waals surface area (Å²) >= 11 is 13.8. The highest BCUT2D eigenvalue weighted by atomic mass is 79.9. The fraction of sp³-hybridized carbons (Fsp3) is 0. The highest BCUT2D eigenvalue weighted by Gasteiger charge is 2.21. The minimum Gasteiger partial charge on any atom is -0.449 e. The zero-order valence-corrected chi connectivity index (χ0v) is 15.0. The molecule has 0 spiro atoms. The number of benzene rings is 2. The molecule has 92 valence electrons. The predicted molar refractivity (Wildman–Crippen MR) is 83.8 cm³/mol. The van der Waals surface area contributed by atoms with E-state index in [0.717, 1.165) is 17.9 Å². The smallest absolute Gasteiger partial charge is 0.171 e. The molecule has 0 saturated carbocycles. The molecule has 0 aromatic heterocycles. The Kier molecular flexibility index (Phi) is 3.47. The molecule has 2 aromatic rings. The Morgan fingerprint density at radius 2 is 0.722 bits per heavy atom. The molecule has 0 atom stereocenters. The summed E-state index contributed by atoms with van der Waals surface area (Å²) in [6.45, 7) is 0. The van der Waals surface area contributed by atoms with E-state index in [9.17, 15) is 0 Å². The van der Waals surface area contributed by atoms with Gasteiger partial charge in [-0.1, -0.05) is 0 Å². The summed E-state index contributed by atoms with van der Waals surface area (Å²) in [5.74, 6) is 2.75. The maximum atomic E-state index is 5.82. The van der Waals surface area contributed by atoms with Crippen LogP contribution in [-0.4, -0.2) is 0 Å². The maximum absolute atomic E-state index is 5.82. The topological polar surface area (TPSA) is 18.5 Å². The zero-order valence-electron chi connectivity index (χ0n) is 8.64. The van der Waals surface area contributed by atoms with E-state index in [-0.39, 0.29) is 0 Å². The van der Waals surface area contributed by atoms with Crippen molar-refractivity contribution in [2.75, 3.05) is 0 Å². The monoisotopic (exact) mass is 508 g/mol. The summed E-state index contributed by atoms with van der Waals surface area (Å²) < 4.78 is 15.3. The Morgan fingerprint density at radius 1 is 0.500 bits per heavy atom. The van der Waals surface area contributed by atoms with Gasteiger partial charge >= 0.3 is 0 Å². The van der Waals surface area contributed by atoms with Crippen LogP contribution < -0.4 is 9.47 Å². The van der Waals surface area contributed by atoms with Gasteiger partial charge < -0.3 is 9.47 Å². The quantitative estimate of drug-likeness (QED) is 0.337. The molecule has 0 saturated heterocycles. The highest BCUT2D eigenvalue weighted by Crippen LogP contribution is 2.49. The lowest BCUT2D eigenvalue weighted by molar-refractivity contribution is 0.358. The van der Waals surface area contributed by atoms with Gasteiger partial charge in [0.25, 0.3) is 0 Å². The fourth-order valence-corrected chi connectivity index (χ4v) is 2.87. The summed E-state index contributed by atoms with van der Waals surface area (Å²) in [6, 6.07) is 7.49. The van der Waals surface area contributed by atoms with Crippen molar-refractivity contribution in [1.82, 2.24) is 0 Å². The number of rotatable bonds is 0. The van der Waals surface area contributed by atoms with Crippen molar-refractivity contribution >= 4 is 63.7 Å². The highest BCUT2D eigenvalue weighted by molar-refractivity contribution is 9.13. The molecule has 0 bridgehead atoms. The third-order valence-corrected chi connectivity index (χ3v) is 6.10. The van der Waals surface area contributed by atoms with E-state index >= 15 is 0 Å². The van der Waals surface area contributed by atoms with Crippen LogP contribution >= 0.6 is 63.7 Å². The van der Waals surface area contributed by atoms with Gasteiger partial charge in [0.2, 0.25) is 0 Å². The molecule has 6 heteroatoms. The van der Waals surface area contributed by atoms with Crippen molar-refractivity contribution in [3.8, 4) is 23.0 Å². The number of hydrogen-bond donors (Lipinski definition) is 0. The van der Waals surface area contributed by atoms with Crippen LogP contribution in [0, 0.1) is 0 Å². The fourth-order valence-electron chi connectivity index (χ4n) is 1.58. The molecular formula is C12H4Br4O2. The van der Waals surface area contributed by atoms with E-state index in [4.69, 9.17) is 9.47 Å². The molecule has 0 N–H and O–H groups in total. The lowest BCUT2D eigenvalue weighted by atomic mass is 11.2. The molecule has 0 aliphatic carbocycles. The Labute approximate surface area is 137 Å². The maximum Gasteiger partial charge on any atom is 0.171 e. The van der Waals surface area contributed by atoms with Crippen LogP contribution in [0.5, 0.6) is 23.0 Å². The van der Waals surface area contributed by atoms with Gasteiger partial charge in [-0.25, -0.2) is 0 Å². The molecule has 2 nitrogen and oxygen atoms in total. The SMILES string of the molecule is Br[13c]1[13cH][13c]2[13c]([13cH][13c]1Br)O[13c]1[13cH][13c](Br)[13c](Br)[13cH][13c]1O2. The van der Waals surface area contributed by atoms with E-state index in [2.05, 4.69) is 63.7 Å². The van der Waals surface area contributed by atoms with E-state index < -0.39 is 0 Å². The van der Waals surface area contributed by atoms with Crippen molar-refractivity contribution in [3.05, 3.63) is 42.2 Å². The van der Waals surface area contributed by atoms with Gasteiger partial charge in [0.05, 0.1) is 0 Å². The number of fused-ring (bicyclic) bond motifs is 2. The third kappa shape index (κ3) is 2.24. The van der Waals surface area contributed by atoms with Crippen LogP contribution in [0.2, 0.25) is 0 Å². The Morgan fingerprint density at radius 3 is 0.944 bits per heavy atom. The normalized spacial score (nSPS) is 12.2. The lowest BCUT2D eigenvalue weighted by Crippen LogP contribution is -1.99. The predicted octanol–water partition coefficient (Wildman–Crippen LogP) is 6.63. The number of halogens is 4. The van der Waals surface area contributed by atoms with E-state index in [1.807, 2.05) is 24.3 Å². The average molecular weight is 512 g/mol. The molecule has 2 aromatic carbocycles. The summed E-state index contributed by atoms with van der Waals surface area (Å²) in [7, 11) is 0. The van der Waals surface area contributed by atoms with Crippen molar-refractivity contribution < 1.29 is 9.47 Å². The molecule has 0 radical (unpaired) electrons. The van der Waals surface area contributed by atoms with Crippen molar-refractivity contribution in [1.29, 1.82) is 0 Å². The summed E-state index contributed by atoms with van der Waals surface area (Å²) in [4.78, 5) is 0. The van der Waals surface area contributed by atoms with Crippen LogP contribution in [0.1, 0.15) is 0 Å². The molecule has 3 rings (SSSR count). The van der Waals surface area contributed by atoms with Crippen molar-refractivity contribution in [2.45, 2.75) is 0 Å². The first-order valence-electron chi connectivity index (χ1n) is 4.88. The van der Waals surface area contributed by atoms with Crippen LogP contribution in [-0.2, 0) is 0 Å². The van der Waals surface area contributed by atoms with Gasteiger partial charge in [0.15, 0.2) is 23.0 Å². The third-order valence-electron chi connectivity index (χ3n) is 2.41. The van der Waals surface area contributed by atoms with Gasteiger partial charge in [0.1, 0.15) is 0 Å². The van der Waals surface area contributed by atoms with Crippen LogP contribution in [0.25, 0.3) is 0 Å². The second-order valence-corrected chi connectivity index (χ2v) is 7.05. The molecule has 1 aliphatic rings. The molecule has 1 heterocycles. The molecule has 0 unspecified atom stereocenters. The number of ether oxygens (including phenoxy) is 2. The first-order valence-corrected chi connectivity index (χ1v) is 8.05. The van der Waals surface area contributed by atoms with Crippen molar-refractivity contribution in [2.24, 2.45) is 0 Å². The van der Waals surface area contributed by atoms with E-state index in [1.54, 1.807) is 0 Å². The van der Waals surface area contributed by atoms with Crippen molar-refractivity contribution in [3.63, 3.8) is 0 Å². The molecule has 18 heavy (non-hydrogen) atoms.